The monoisotopic (exact) mass is 934 g/mol. The fraction of sp³-hybridized carbons (Fsp3) is 0.520. The molecular formula is C50H70CaO10S2. The Morgan fingerprint density at radius 1 is 0.476 bits per heavy atom. The first-order valence-electron chi connectivity index (χ1n) is 22.9. The van der Waals surface area contributed by atoms with Crippen LogP contribution in [0.1, 0.15) is 166 Å². The molecule has 0 aliphatic carbocycles. The Labute approximate surface area is 408 Å². The van der Waals surface area contributed by atoms with Crippen LogP contribution < -0.4 is 14.6 Å². The van der Waals surface area contributed by atoms with Gasteiger partial charge in [-0.15, -0.1) is 0 Å². The molecular weight excluding hydrogens is 865 g/mol. The van der Waals surface area contributed by atoms with Crippen molar-refractivity contribution in [1.29, 1.82) is 0 Å². The summed E-state index contributed by atoms with van der Waals surface area (Å²) >= 11 is 0. The predicted molar refractivity (Wildman–Crippen MR) is 251 cm³/mol. The van der Waals surface area contributed by atoms with Gasteiger partial charge in [-0.3, -0.25) is 4.55 Å². The molecule has 0 unspecified atom stereocenters. The Kier molecular flexibility index (Phi) is 28.5. The minimum absolute atomic E-state index is 0. The molecule has 0 aliphatic heterocycles. The SMILES string of the molecule is CCCCCCCCCCCCCc1ccccc1Oc1ccc(S(=O)(=O)O)cc1O.CCCCCCCCCCCCCc1ccccc1Oc1ccc(S(=O)(=O)[O-])cc1[O-].[Ca+2]. The van der Waals surface area contributed by atoms with Gasteiger partial charge in [-0.05, 0) is 79.3 Å². The van der Waals surface area contributed by atoms with Crippen molar-refractivity contribution in [2.45, 2.75) is 178 Å². The van der Waals surface area contributed by atoms with Gasteiger partial charge in [-0.1, -0.05) is 184 Å². The fourth-order valence-corrected chi connectivity index (χ4v) is 8.27. The number of aryl methyl sites for hydroxylation is 2. The molecule has 4 rings (SSSR count). The van der Waals surface area contributed by atoms with Crippen LogP contribution >= 0.6 is 0 Å². The van der Waals surface area contributed by atoms with Crippen molar-refractivity contribution < 1.29 is 45.6 Å². The van der Waals surface area contributed by atoms with Gasteiger partial charge in [0.05, 0.1) is 9.79 Å². The first kappa shape index (κ1) is 56.3. The number of unbranched alkanes of at least 4 members (excludes halogenated alkanes) is 20. The van der Waals surface area contributed by atoms with Crippen molar-refractivity contribution in [2.24, 2.45) is 0 Å². The number of phenolic OH excluding ortho intramolecular Hbond substituents is 1. The van der Waals surface area contributed by atoms with Crippen LogP contribution in [0, 0.1) is 0 Å². The number of ether oxygens (including phenoxy) is 2. The maximum absolute atomic E-state index is 12.1. The van der Waals surface area contributed by atoms with E-state index in [-0.39, 0.29) is 59.9 Å². The van der Waals surface area contributed by atoms with Crippen molar-refractivity contribution in [2.75, 3.05) is 0 Å². The summed E-state index contributed by atoms with van der Waals surface area (Å²) in [7, 11) is -9.03. The molecule has 0 aromatic heterocycles. The maximum Gasteiger partial charge on any atom is 2.00 e. The van der Waals surface area contributed by atoms with Gasteiger partial charge in [-0.2, -0.15) is 8.42 Å². The third-order valence-electron chi connectivity index (χ3n) is 10.9. The normalized spacial score (nSPS) is 11.4. The minimum Gasteiger partial charge on any atom is -0.870 e. The van der Waals surface area contributed by atoms with E-state index in [2.05, 4.69) is 13.8 Å². The van der Waals surface area contributed by atoms with Crippen LogP contribution in [0.5, 0.6) is 34.5 Å². The number of aromatic hydroxyl groups is 1. The molecule has 4 aromatic rings. The first-order valence-corrected chi connectivity index (χ1v) is 25.8. The molecule has 63 heavy (non-hydrogen) atoms. The van der Waals surface area contributed by atoms with E-state index in [4.69, 9.17) is 14.0 Å². The molecule has 0 heterocycles. The maximum atomic E-state index is 12.1. The molecule has 0 atom stereocenters. The zero-order chi connectivity index (χ0) is 45.1. The molecule has 10 nitrogen and oxygen atoms in total. The number of hydrogen-bond donors (Lipinski definition) is 2. The number of phenols is 1. The molecule has 2 N–H and O–H groups in total. The zero-order valence-corrected chi connectivity index (χ0v) is 41.6. The zero-order valence-electron chi connectivity index (χ0n) is 37.7. The second-order valence-corrected chi connectivity index (χ2v) is 19.0. The van der Waals surface area contributed by atoms with Crippen molar-refractivity contribution in [3.05, 3.63) is 96.1 Å². The summed E-state index contributed by atoms with van der Waals surface area (Å²) in [6.45, 7) is 4.49. The minimum atomic E-state index is -4.66. The van der Waals surface area contributed by atoms with Crippen molar-refractivity contribution >= 4 is 58.0 Å². The second kappa shape index (κ2) is 31.9. The Hall–Kier alpha value is -2.84. The standard InChI is InChI=1S/2C25H36O5S.Ca/c2*1-2-3-4-5-6-7-8-9-10-11-12-15-21-16-13-14-17-24(21)30-25-19-18-22(20-23(25)26)31(27,28)29;/h2*13-14,16-20,26H,2-12,15H2,1H3,(H,27,28,29);/q;;+2/p-2. The van der Waals surface area contributed by atoms with Gasteiger partial charge in [0.25, 0.3) is 10.1 Å². The van der Waals surface area contributed by atoms with E-state index in [0.29, 0.717) is 11.5 Å². The van der Waals surface area contributed by atoms with E-state index in [0.717, 1.165) is 61.4 Å². The van der Waals surface area contributed by atoms with Crippen molar-refractivity contribution in [3.8, 4) is 34.5 Å². The second-order valence-electron chi connectivity index (χ2n) is 16.2. The Balaban J connectivity index is 0.000000427. The van der Waals surface area contributed by atoms with Crippen molar-refractivity contribution in [1.82, 2.24) is 0 Å². The summed E-state index contributed by atoms with van der Waals surface area (Å²) < 4.78 is 76.2. The molecule has 13 heteroatoms. The molecule has 0 saturated carbocycles. The number of benzene rings is 4. The smallest absolute Gasteiger partial charge is 0.870 e. The van der Waals surface area contributed by atoms with Crippen LogP contribution in [0.3, 0.4) is 0 Å². The van der Waals surface area contributed by atoms with Crippen molar-refractivity contribution in [3.63, 3.8) is 0 Å². The summed E-state index contributed by atoms with van der Waals surface area (Å²) in [4.78, 5) is -0.911. The van der Waals surface area contributed by atoms with E-state index in [9.17, 15) is 31.6 Å². The predicted octanol–water partition coefficient (Wildman–Crippen LogP) is 13.2. The van der Waals surface area contributed by atoms with Gasteiger partial charge < -0.3 is 24.2 Å². The summed E-state index contributed by atoms with van der Waals surface area (Å²) in [6, 6.07) is 21.9. The number of hydrogen-bond acceptors (Lipinski definition) is 9. The number of rotatable bonds is 30. The van der Waals surface area contributed by atoms with E-state index < -0.39 is 30.9 Å². The van der Waals surface area contributed by atoms with Crippen LogP contribution in [0.25, 0.3) is 0 Å². The Morgan fingerprint density at radius 3 is 1.22 bits per heavy atom. The topological polar surface area (TPSA) is 173 Å². The molecule has 0 radical (unpaired) electrons. The van der Waals surface area contributed by atoms with Crippen LogP contribution in [0.2, 0.25) is 0 Å². The average molecular weight is 935 g/mol. The van der Waals surface area contributed by atoms with Gasteiger partial charge in [0.15, 0.2) is 11.5 Å². The third-order valence-corrected chi connectivity index (χ3v) is 12.6. The molecule has 0 aliphatic rings. The van der Waals surface area contributed by atoms with Gasteiger partial charge in [0.1, 0.15) is 27.4 Å². The number of para-hydroxylation sites is 2. The van der Waals surface area contributed by atoms with Crippen LogP contribution in [-0.4, -0.2) is 68.8 Å². The third kappa shape index (κ3) is 23.3. The van der Waals surface area contributed by atoms with E-state index in [1.807, 2.05) is 42.5 Å². The first-order chi connectivity index (χ1) is 29.8. The fourth-order valence-electron chi connectivity index (χ4n) is 7.29. The summed E-state index contributed by atoms with van der Waals surface area (Å²) in [6.07, 6.45) is 30.1. The van der Waals surface area contributed by atoms with E-state index in [1.54, 1.807) is 6.07 Å². The Morgan fingerprint density at radius 2 is 0.841 bits per heavy atom. The molecule has 0 saturated heterocycles. The molecule has 344 valence electrons. The summed E-state index contributed by atoms with van der Waals surface area (Å²) in [5.41, 5.74) is 2.06. The molecule has 0 fully saturated rings. The largest absolute Gasteiger partial charge is 2.00 e. The van der Waals surface area contributed by atoms with E-state index in [1.165, 1.54) is 140 Å². The van der Waals surface area contributed by atoms with Crippen LogP contribution in [-0.2, 0) is 33.1 Å². The Bertz CT molecular complexity index is 1940. The van der Waals surface area contributed by atoms with Crippen LogP contribution in [0.15, 0.2) is 94.7 Å². The molecule has 0 bridgehead atoms. The summed E-state index contributed by atoms with van der Waals surface area (Å²) in [5.74, 6) is 0.438. The average Bonchev–Trinajstić information content (AvgIpc) is 3.24. The van der Waals surface area contributed by atoms with Gasteiger partial charge >= 0.3 is 37.7 Å². The summed E-state index contributed by atoms with van der Waals surface area (Å²) in [5, 5.41) is 22.2. The quantitative estimate of drug-likeness (QED) is 0.0291. The van der Waals surface area contributed by atoms with Gasteiger partial charge in [0.2, 0.25) is 0 Å². The molecule has 4 aromatic carbocycles. The van der Waals surface area contributed by atoms with E-state index >= 15 is 0 Å². The molecule has 0 spiro atoms. The van der Waals surface area contributed by atoms with Gasteiger partial charge in [-0.25, -0.2) is 8.42 Å². The van der Waals surface area contributed by atoms with Crippen LogP contribution in [0.4, 0.5) is 0 Å². The molecule has 0 amide bonds. The van der Waals surface area contributed by atoms with Gasteiger partial charge in [0, 0.05) is 6.07 Å².